The Hall–Kier alpha value is -1.39. The number of anilines is 1. The lowest BCUT2D eigenvalue weighted by Gasteiger charge is -2.20. The molecule has 0 spiro atoms. The summed E-state index contributed by atoms with van der Waals surface area (Å²) in [5, 5.41) is 3.30. The summed E-state index contributed by atoms with van der Waals surface area (Å²) in [6, 6.07) is 10.3. The number of hydrogen-bond acceptors (Lipinski definition) is 3. The molecule has 0 fully saturated rings. The molecule has 18 heavy (non-hydrogen) atoms. The van der Waals surface area contributed by atoms with Gasteiger partial charge in [0.25, 0.3) is 0 Å². The lowest BCUT2D eigenvalue weighted by molar-refractivity contribution is 0.687. The minimum absolute atomic E-state index is 0.0619. The molecule has 0 saturated heterocycles. The van der Waals surface area contributed by atoms with E-state index < -0.39 is 0 Å². The first-order valence-electron chi connectivity index (χ1n) is 5.77. The van der Waals surface area contributed by atoms with E-state index in [1.54, 1.807) is 6.20 Å². The van der Waals surface area contributed by atoms with Crippen molar-refractivity contribution in [2.75, 3.05) is 12.8 Å². The molecule has 0 amide bonds. The third kappa shape index (κ3) is 2.54. The van der Waals surface area contributed by atoms with Crippen molar-refractivity contribution in [3.63, 3.8) is 0 Å². The second-order valence-corrected chi connectivity index (χ2v) is 5.12. The predicted molar refractivity (Wildman–Crippen MR) is 78.4 cm³/mol. The molecule has 94 valence electrons. The summed E-state index contributed by atoms with van der Waals surface area (Å²) >= 11 is 3.44. The topological polar surface area (TPSA) is 50.9 Å². The van der Waals surface area contributed by atoms with Gasteiger partial charge in [0, 0.05) is 16.2 Å². The van der Waals surface area contributed by atoms with Crippen LogP contribution in [0.15, 0.2) is 41.0 Å². The molecule has 1 heterocycles. The molecular weight excluding hydrogens is 290 g/mol. The SMILES string of the molecule is CNC(c1ccc(Br)cc1)c1c(C)ccnc1N. The van der Waals surface area contributed by atoms with Crippen LogP contribution in [0.3, 0.4) is 0 Å². The van der Waals surface area contributed by atoms with Gasteiger partial charge in [-0.05, 0) is 43.3 Å². The van der Waals surface area contributed by atoms with Crippen molar-refractivity contribution in [1.82, 2.24) is 10.3 Å². The standard InChI is InChI=1S/C14H16BrN3/c1-9-7-8-18-14(16)12(9)13(17-2)10-3-5-11(15)6-4-10/h3-8,13,17H,1-2H3,(H2,16,18). The van der Waals surface area contributed by atoms with Gasteiger partial charge in [-0.2, -0.15) is 0 Å². The highest BCUT2D eigenvalue weighted by molar-refractivity contribution is 9.10. The molecule has 1 aromatic heterocycles. The Morgan fingerprint density at radius 3 is 2.44 bits per heavy atom. The average molecular weight is 306 g/mol. The molecule has 2 rings (SSSR count). The summed E-state index contributed by atoms with van der Waals surface area (Å²) in [7, 11) is 1.93. The maximum atomic E-state index is 6.00. The minimum Gasteiger partial charge on any atom is -0.383 e. The number of aromatic nitrogens is 1. The molecule has 3 nitrogen and oxygen atoms in total. The van der Waals surface area contributed by atoms with E-state index >= 15 is 0 Å². The lowest BCUT2D eigenvalue weighted by atomic mass is 9.96. The van der Waals surface area contributed by atoms with Gasteiger partial charge in [-0.3, -0.25) is 0 Å². The Morgan fingerprint density at radius 2 is 1.89 bits per heavy atom. The van der Waals surface area contributed by atoms with Crippen LogP contribution >= 0.6 is 15.9 Å². The number of nitrogens with two attached hydrogens (primary N) is 1. The van der Waals surface area contributed by atoms with Crippen LogP contribution in [0.25, 0.3) is 0 Å². The van der Waals surface area contributed by atoms with Crippen LogP contribution in [0.2, 0.25) is 0 Å². The van der Waals surface area contributed by atoms with Crippen LogP contribution in [-0.4, -0.2) is 12.0 Å². The Labute approximate surface area is 116 Å². The van der Waals surface area contributed by atoms with Gasteiger partial charge >= 0.3 is 0 Å². The van der Waals surface area contributed by atoms with Crippen LogP contribution in [0, 0.1) is 6.92 Å². The normalized spacial score (nSPS) is 12.4. The van der Waals surface area contributed by atoms with E-state index in [0.717, 1.165) is 15.6 Å². The van der Waals surface area contributed by atoms with E-state index in [-0.39, 0.29) is 6.04 Å². The Kier molecular flexibility index (Phi) is 3.99. The van der Waals surface area contributed by atoms with E-state index in [2.05, 4.69) is 45.3 Å². The van der Waals surface area contributed by atoms with Gasteiger partial charge in [-0.25, -0.2) is 4.98 Å². The Balaban J connectivity index is 2.48. The van der Waals surface area contributed by atoms with Crippen molar-refractivity contribution < 1.29 is 0 Å². The van der Waals surface area contributed by atoms with Gasteiger partial charge in [0.05, 0.1) is 6.04 Å². The number of rotatable bonds is 3. The number of pyridine rings is 1. The van der Waals surface area contributed by atoms with E-state index in [9.17, 15) is 0 Å². The number of halogens is 1. The summed E-state index contributed by atoms with van der Waals surface area (Å²) in [6.45, 7) is 2.05. The smallest absolute Gasteiger partial charge is 0.128 e. The highest BCUT2D eigenvalue weighted by Gasteiger charge is 2.17. The van der Waals surface area contributed by atoms with Crippen molar-refractivity contribution in [3.8, 4) is 0 Å². The first-order valence-corrected chi connectivity index (χ1v) is 6.56. The number of nitrogens with one attached hydrogen (secondary N) is 1. The Morgan fingerprint density at radius 1 is 1.22 bits per heavy atom. The molecule has 0 saturated carbocycles. The summed E-state index contributed by atoms with van der Waals surface area (Å²) < 4.78 is 1.07. The quantitative estimate of drug-likeness (QED) is 0.916. The third-order valence-corrected chi connectivity index (χ3v) is 3.55. The average Bonchev–Trinajstić information content (AvgIpc) is 2.35. The maximum Gasteiger partial charge on any atom is 0.128 e. The minimum atomic E-state index is 0.0619. The zero-order valence-corrected chi connectivity index (χ0v) is 12.0. The molecule has 0 aliphatic heterocycles. The number of nitrogen functional groups attached to an aromatic ring is 1. The van der Waals surface area contributed by atoms with Crippen LogP contribution in [0.4, 0.5) is 5.82 Å². The van der Waals surface area contributed by atoms with E-state index in [1.165, 1.54) is 5.56 Å². The number of benzene rings is 1. The molecule has 1 unspecified atom stereocenters. The number of aryl methyl sites for hydroxylation is 1. The van der Waals surface area contributed by atoms with Gasteiger partial charge in [0.15, 0.2) is 0 Å². The van der Waals surface area contributed by atoms with Crippen molar-refractivity contribution >= 4 is 21.7 Å². The van der Waals surface area contributed by atoms with Crippen molar-refractivity contribution in [2.24, 2.45) is 0 Å². The maximum absolute atomic E-state index is 6.00. The molecule has 3 N–H and O–H groups in total. The highest BCUT2D eigenvalue weighted by atomic mass is 79.9. The first kappa shape index (κ1) is 13.1. The van der Waals surface area contributed by atoms with E-state index in [4.69, 9.17) is 5.73 Å². The summed E-state index contributed by atoms with van der Waals surface area (Å²) in [4.78, 5) is 4.18. The van der Waals surface area contributed by atoms with E-state index in [1.807, 2.05) is 25.2 Å². The van der Waals surface area contributed by atoms with Gasteiger partial charge in [0.1, 0.15) is 5.82 Å². The lowest BCUT2D eigenvalue weighted by Crippen LogP contribution is -2.20. The molecule has 1 atom stereocenters. The summed E-state index contributed by atoms with van der Waals surface area (Å²) in [5.74, 6) is 0.581. The van der Waals surface area contributed by atoms with Crippen LogP contribution in [0.5, 0.6) is 0 Å². The van der Waals surface area contributed by atoms with Crippen LogP contribution in [0.1, 0.15) is 22.7 Å². The van der Waals surface area contributed by atoms with Crippen LogP contribution in [-0.2, 0) is 0 Å². The van der Waals surface area contributed by atoms with Crippen molar-refractivity contribution in [2.45, 2.75) is 13.0 Å². The zero-order chi connectivity index (χ0) is 13.1. The van der Waals surface area contributed by atoms with Gasteiger partial charge in [-0.15, -0.1) is 0 Å². The fourth-order valence-electron chi connectivity index (χ4n) is 2.10. The zero-order valence-electron chi connectivity index (χ0n) is 10.4. The molecule has 4 heteroatoms. The molecule has 2 aromatic rings. The second kappa shape index (κ2) is 5.50. The summed E-state index contributed by atoms with van der Waals surface area (Å²) in [6.07, 6.45) is 1.74. The monoisotopic (exact) mass is 305 g/mol. The first-order chi connectivity index (χ1) is 8.63. The second-order valence-electron chi connectivity index (χ2n) is 4.20. The highest BCUT2D eigenvalue weighted by Crippen LogP contribution is 2.28. The molecule has 0 aliphatic rings. The van der Waals surface area contributed by atoms with E-state index in [0.29, 0.717) is 5.82 Å². The fraction of sp³-hybridized carbons (Fsp3) is 0.214. The molecule has 0 bridgehead atoms. The number of hydrogen-bond donors (Lipinski definition) is 2. The molecule has 0 radical (unpaired) electrons. The third-order valence-electron chi connectivity index (χ3n) is 3.02. The fourth-order valence-corrected chi connectivity index (χ4v) is 2.36. The van der Waals surface area contributed by atoms with Crippen LogP contribution < -0.4 is 11.1 Å². The molecular formula is C14H16BrN3. The van der Waals surface area contributed by atoms with Crippen molar-refractivity contribution in [3.05, 3.63) is 57.7 Å². The summed E-state index contributed by atoms with van der Waals surface area (Å²) in [5.41, 5.74) is 9.36. The Bertz CT molecular complexity index is 517. The largest absolute Gasteiger partial charge is 0.383 e. The van der Waals surface area contributed by atoms with Crippen molar-refractivity contribution in [1.29, 1.82) is 0 Å². The van der Waals surface area contributed by atoms with Gasteiger partial charge < -0.3 is 11.1 Å². The predicted octanol–water partition coefficient (Wildman–Crippen LogP) is 3.04. The van der Waals surface area contributed by atoms with Gasteiger partial charge in [-0.1, -0.05) is 28.1 Å². The van der Waals surface area contributed by atoms with Gasteiger partial charge in [0.2, 0.25) is 0 Å². The number of nitrogens with zero attached hydrogens (tertiary/aromatic N) is 1. The molecule has 1 aromatic carbocycles. The molecule has 0 aliphatic carbocycles.